The quantitative estimate of drug-likeness (QED) is 0.393. The lowest BCUT2D eigenvalue weighted by Crippen LogP contribution is -2.17. The van der Waals surface area contributed by atoms with Gasteiger partial charge in [-0.1, -0.05) is 11.6 Å². The van der Waals surface area contributed by atoms with E-state index in [0.29, 0.717) is 6.07 Å². The fourth-order valence-corrected chi connectivity index (χ4v) is 1.60. The first-order valence-corrected chi connectivity index (χ1v) is 5.50. The van der Waals surface area contributed by atoms with Crippen LogP contribution in [-0.4, -0.2) is 25.8 Å². The molecular formula is C11H9ClF4N2O2. The summed E-state index contributed by atoms with van der Waals surface area (Å²) < 4.78 is 56.4. The zero-order valence-electron chi connectivity index (χ0n) is 10.1. The third kappa shape index (κ3) is 3.91. The van der Waals surface area contributed by atoms with Gasteiger partial charge in [-0.2, -0.15) is 18.3 Å². The molecule has 0 saturated carbocycles. The highest BCUT2D eigenvalue weighted by molar-refractivity contribution is 6.31. The molecule has 0 fully saturated rings. The van der Waals surface area contributed by atoms with Crippen molar-refractivity contribution >= 4 is 23.7 Å². The highest BCUT2D eigenvalue weighted by Gasteiger charge is 2.35. The number of hydrogen-bond donors (Lipinski definition) is 1. The minimum atomic E-state index is -4.82. The molecule has 0 saturated heterocycles. The van der Waals surface area contributed by atoms with E-state index < -0.39 is 22.6 Å². The molecule has 0 radical (unpaired) electrons. The van der Waals surface area contributed by atoms with Crippen molar-refractivity contribution in [3.63, 3.8) is 0 Å². The van der Waals surface area contributed by atoms with E-state index in [9.17, 15) is 22.4 Å². The lowest BCUT2D eigenvalue weighted by atomic mass is 10.1. The third-order valence-electron chi connectivity index (χ3n) is 2.20. The number of hydrazone groups is 1. The SMILES string of the molecule is COC/C(=N\NC=O)c1cc(F)c(Cl)c(C(F)(F)F)c1. The van der Waals surface area contributed by atoms with Gasteiger partial charge in [-0.25, -0.2) is 9.82 Å². The van der Waals surface area contributed by atoms with Gasteiger partial charge >= 0.3 is 6.18 Å². The van der Waals surface area contributed by atoms with Crippen LogP contribution in [0.4, 0.5) is 17.6 Å². The van der Waals surface area contributed by atoms with Gasteiger partial charge in [0, 0.05) is 12.7 Å². The number of hydrogen-bond acceptors (Lipinski definition) is 3. The number of carbonyl (C=O) groups is 1. The summed E-state index contributed by atoms with van der Waals surface area (Å²) in [6, 6.07) is 1.41. The van der Waals surface area contributed by atoms with Gasteiger partial charge < -0.3 is 4.74 Å². The molecule has 0 spiro atoms. The lowest BCUT2D eigenvalue weighted by Gasteiger charge is -2.13. The molecule has 0 aliphatic heterocycles. The Morgan fingerprint density at radius 2 is 2.15 bits per heavy atom. The fraction of sp³-hybridized carbons (Fsp3) is 0.273. The molecule has 20 heavy (non-hydrogen) atoms. The summed E-state index contributed by atoms with van der Waals surface area (Å²) in [7, 11) is 1.27. The van der Waals surface area contributed by atoms with Crippen LogP contribution < -0.4 is 5.43 Å². The molecule has 1 N–H and O–H groups in total. The van der Waals surface area contributed by atoms with Crippen LogP contribution in [0.15, 0.2) is 17.2 Å². The normalized spacial score (nSPS) is 12.4. The summed E-state index contributed by atoms with van der Waals surface area (Å²) in [5.41, 5.74) is 0.304. The van der Waals surface area contributed by atoms with Gasteiger partial charge in [0.05, 0.1) is 22.9 Å². The first-order chi connectivity index (χ1) is 9.31. The first-order valence-electron chi connectivity index (χ1n) is 5.12. The predicted molar refractivity (Wildman–Crippen MR) is 64.0 cm³/mol. The van der Waals surface area contributed by atoms with E-state index in [1.54, 1.807) is 0 Å². The maximum atomic E-state index is 13.5. The first kappa shape index (κ1) is 16.4. The van der Waals surface area contributed by atoms with Crippen LogP contribution in [0.2, 0.25) is 5.02 Å². The molecule has 0 aromatic heterocycles. The standard InChI is InChI=1S/C11H9ClF4N2O2/c1-20-4-9(18-17-5-19)6-2-7(11(14,15)16)10(12)8(13)3-6/h2-3,5H,4H2,1H3,(H,17,19)/b18-9+. The number of carbonyl (C=O) groups excluding carboxylic acids is 1. The molecular weight excluding hydrogens is 304 g/mol. The second-order valence-electron chi connectivity index (χ2n) is 3.56. The summed E-state index contributed by atoms with van der Waals surface area (Å²) in [5.74, 6) is -1.24. The molecule has 0 aliphatic carbocycles. The number of alkyl halides is 3. The number of amides is 1. The Morgan fingerprint density at radius 1 is 1.50 bits per heavy atom. The summed E-state index contributed by atoms with van der Waals surface area (Å²) in [4.78, 5) is 10.2. The molecule has 9 heteroatoms. The molecule has 1 amide bonds. The molecule has 1 aromatic rings. The van der Waals surface area contributed by atoms with Crippen LogP contribution in [0.1, 0.15) is 11.1 Å². The number of halogens is 5. The van der Waals surface area contributed by atoms with Crippen molar-refractivity contribution in [2.24, 2.45) is 5.10 Å². The molecule has 1 aromatic carbocycles. The number of benzene rings is 1. The molecule has 0 atom stereocenters. The molecule has 110 valence electrons. The molecule has 1 rings (SSSR count). The molecule has 0 aliphatic rings. The number of rotatable bonds is 5. The number of nitrogens with zero attached hydrogens (tertiary/aromatic N) is 1. The van der Waals surface area contributed by atoms with Gasteiger partial charge in [0.15, 0.2) is 0 Å². The zero-order chi connectivity index (χ0) is 15.3. The van der Waals surface area contributed by atoms with E-state index in [1.807, 2.05) is 5.43 Å². The van der Waals surface area contributed by atoms with E-state index in [-0.39, 0.29) is 24.3 Å². The average Bonchev–Trinajstić information content (AvgIpc) is 2.36. The topological polar surface area (TPSA) is 50.7 Å². The predicted octanol–water partition coefficient (Wildman–Crippen LogP) is 2.59. The highest BCUT2D eigenvalue weighted by atomic mass is 35.5. The number of nitrogens with one attached hydrogen (secondary N) is 1. The Labute approximate surface area is 116 Å². The monoisotopic (exact) mass is 312 g/mol. The van der Waals surface area contributed by atoms with Crippen molar-refractivity contribution in [1.29, 1.82) is 0 Å². The van der Waals surface area contributed by atoms with Crippen molar-refractivity contribution < 1.29 is 27.1 Å². The Balaban J connectivity index is 3.37. The average molecular weight is 313 g/mol. The summed E-state index contributed by atoms with van der Waals surface area (Å²) in [6.07, 6.45) is -4.60. The molecule has 4 nitrogen and oxygen atoms in total. The smallest absolute Gasteiger partial charge is 0.378 e. The van der Waals surface area contributed by atoms with Gasteiger partial charge in [-0.3, -0.25) is 4.79 Å². The van der Waals surface area contributed by atoms with Crippen LogP contribution in [0.5, 0.6) is 0 Å². The maximum absolute atomic E-state index is 13.5. The minimum absolute atomic E-state index is 0.0827. The van der Waals surface area contributed by atoms with E-state index in [1.165, 1.54) is 7.11 Å². The van der Waals surface area contributed by atoms with Crippen molar-refractivity contribution in [3.8, 4) is 0 Å². The summed E-state index contributed by atoms with van der Waals surface area (Å²) in [6.45, 7) is -0.223. The van der Waals surface area contributed by atoms with Crippen LogP contribution in [0.3, 0.4) is 0 Å². The fourth-order valence-electron chi connectivity index (χ4n) is 1.38. The van der Waals surface area contributed by atoms with Crippen molar-refractivity contribution in [1.82, 2.24) is 5.43 Å². The van der Waals surface area contributed by atoms with Crippen LogP contribution >= 0.6 is 11.6 Å². The van der Waals surface area contributed by atoms with Crippen molar-refractivity contribution in [2.45, 2.75) is 6.18 Å². The minimum Gasteiger partial charge on any atom is -0.378 e. The Hall–Kier alpha value is -1.67. The summed E-state index contributed by atoms with van der Waals surface area (Å²) in [5, 5.41) is 2.47. The van der Waals surface area contributed by atoms with Gasteiger partial charge in [0.25, 0.3) is 0 Å². The van der Waals surface area contributed by atoms with Crippen molar-refractivity contribution in [3.05, 3.63) is 34.1 Å². The molecule has 0 unspecified atom stereocenters. The van der Waals surface area contributed by atoms with Gasteiger partial charge in [-0.15, -0.1) is 0 Å². The van der Waals surface area contributed by atoms with Crippen LogP contribution in [0.25, 0.3) is 0 Å². The Kier molecular flexibility index (Phi) is 5.46. The number of methoxy groups -OCH3 is 1. The largest absolute Gasteiger partial charge is 0.417 e. The van der Waals surface area contributed by atoms with Crippen molar-refractivity contribution in [2.75, 3.05) is 13.7 Å². The van der Waals surface area contributed by atoms with E-state index in [2.05, 4.69) is 5.10 Å². The molecule has 0 heterocycles. The summed E-state index contributed by atoms with van der Waals surface area (Å²) >= 11 is 5.30. The van der Waals surface area contributed by atoms with E-state index in [0.717, 1.165) is 6.07 Å². The lowest BCUT2D eigenvalue weighted by molar-refractivity contribution is -0.137. The van der Waals surface area contributed by atoms with Gasteiger partial charge in [0.1, 0.15) is 5.82 Å². The number of ether oxygens (including phenoxy) is 1. The van der Waals surface area contributed by atoms with E-state index in [4.69, 9.17) is 16.3 Å². The Morgan fingerprint density at radius 3 is 2.65 bits per heavy atom. The maximum Gasteiger partial charge on any atom is 0.417 e. The second-order valence-corrected chi connectivity index (χ2v) is 3.93. The highest BCUT2D eigenvalue weighted by Crippen LogP contribution is 2.36. The van der Waals surface area contributed by atoms with Gasteiger partial charge in [-0.05, 0) is 12.1 Å². The zero-order valence-corrected chi connectivity index (χ0v) is 10.8. The van der Waals surface area contributed by atoms with Crippen LogP contribution in [-0.2, 0) is 15.7 Å². The second kappa shape index (κ2) is 6.67. The molecule has 0 bridgehead atoms. The van der Waals surface area contributed by atoms with E-state index >= 15 is 0 Å². The Bertz CT molecular complexity index is 532. The third-order valence-corrected chi connectivity index (χ3v) is 2.58. The van der Waals surface area contributed by atoms with Gasteiger partial charge in [0.2, 0.25) is 6.41 Å². The van der Waals surface area contributed by atoms with Crippen LogP contribution in [0, 0.1) is 5.82 Å².